The van der Waals surface area contributed by atoms with Gasteiger partial charge in [-0.3, -0.25) is 0 Å². The van der Waals surface area contributed by atoms with Gasteiger partial charge in [-0.1, -0.05) is 26.0 Å². The van der Waals surface area contributed by atoms with Crippen molar-refractivity contribution in [3.63, 3.8) is 0 Å². The van der Waals surface area contributed by atoms with Crippen molar-refractivity contribution in [1.29, 1.82) is 0 Å². The highest BCUT2D eigenvalue weighted by Crippen LogP contribution is 2.41. The van der Waals surface area contributed by atoms with E-state index >= 15 is 0 Å². The second-order valence-corrected chi connectivity index (χ2v) is 4.87. The first kappa shape index (κ1) is 11.6. The molecule has 1 fully saturated rings. The number of halogens is 1. The predicted molar refractivity (Wildman–Crippen MR) is 64.8 cm³/mol. The van der Waals surface area contributed by atoms with Crippen LogP contribution in [0.5, 0.6) is 0 Å². The van der Waals surface area contributed by atoms with E-state index in [2.05, 4.69) is 19.2 Å². The van der Waals surface area contributed by atoms with Crippen molar-refractivity contribution in [2.45, 2.75) is 32.7 Å². The minimum atomic E-state index is -0.149. The van der Waals surface area contributed by atoms with Gasteiger partial charge in [-0.05, 0) is 48.9 Å². The highest BCUT2D eigenvalue weighted by Gasteiger charge is 2.38. The van der Waals surface area contributed by atoms with E-state index in [1.165, 1.54) is 12.0 Å². The van der Waals surface area contributed by atoms with Crippen LogP contribution < -0.4 is 5.32 Å². The summed E-state index contributed by atoms with van der Waals surface area (Å²) in [5.41, 5.74) is 1.23. The second-order valence-electron chi connectivity index (χ2n) is 4.87. The quantitative estimate of drug-likeness (QED) is 0.806. The van der Waals surface area contributed by atoms with Gasteiger partial charge < -0.3 is 5.32 Å². The zero-order valence-electron chi connectivity index (χ0n) is 10.0. The standard InChI is InChI=1S/C14H20FN/c1-3-16-14(13-8-10(13)2)9-11-4-6-12(15)7-5-11/h4-7,10,13-14,16H,3,8-9H2,1-2H3. The lowest BCUT2D eigenvalue weighted by Gasteiger charge is -2.17. The van der Waals surface area contributed by atoms with E-state index in [1.54, 1.807) is 12.1 Å². The highest BCUT2D eigenvalue weighted by atomic mass is 19.1. The van der Waals surface area contributed by atoms with Crippen LogP contribution in [0.25, 0.3) is 0 Å². The lowest BCUT2D eigenvalue weighted by molar-refractivity contribution is 0.454. The summed E-state index contributed by atoms with van der Waals surface area (Å²) in [7, 11) is 0. The molecule has 0 saturated heterocycles. The Morgan fingerprint density at radius 2 is 2.00 bits per heavy atom. The summed E-state index contributed by atoms with van der Waals surface area (Å²) in [6, 6.07) is 7.45. The van der Waals surface area contributed by atoms with E-state index in [0.29, 0.717) is 6.04 Å². The molecule has 3 atom stereocenters. The number of hydrogen-bond acceptors (Lipinski definition) is 1. The average molecular weight is 221 g/mol. The van der Waals surface area contributed by atoms with E-state index in [4.69, 9.17) is 0 Å². The molecule has 0 amide bonds. The lowest BCUT2D eigenvalue weighted by atomic mass is 10.0. The molecule has 0 aromatic heterocycles. The molecule has 1 saturated carbocycles. The first-order chi connectivity index (χ1) is 7.70. The van der Waals surface area contributed by atoms with Gasteiger partial charge in [-0.2, -0.15) is 0 Å². The van der Waals surface area contributed by atoms with Crippen molar-refractivity contribution in [3.05, 3.63) is 35.6 Å². The number of nitrogens with one attached hydrogen (secondary N) is 1. The zero-order valence-corrected chi connectivity index (χ0v) is 10.0. The summed E-state index contributed by atoms with van der Waals surface area (Å²) in [6.45, 7) is 5.46. The van der Waals surface area contributed by atoms with Crippen molar-refractivity contribution in [1.82, 2.24) is 5.32 Å². The van der Waals surface area contributed by atoms with Gasteiger partial charge >= 0.3 is 0 Å². The van der Waals surface area contributed by atoms with Gasteiger partial charge in [0.1, 0.15) is 5.82 Å². The molecular weight excluding hydrogens is 201 g/mol. The Morgan fingerprint density at radius 3 is 2.50 bits per heavy atom. The van der Waals surface area contributed by atoms with Gasteiger partial charge in [0.25, 0.3) is 0 Å². The Balaban J connectivity index is 1.97. The van der Waals surface area contributed by atoms with E-state index < -0.39 is 0 Å². The molecule has 16 heavy (non-hydrogen) atoms. The SMILES string of the molecule is CCNC(Cc1ccc(F)cc1)C1CC1C. The summed E-state index contributed by atoms with van der Waals surface area (Å²) in [5.74, 6) is 1.51. The summed E-state index contributed by atoms with van der Waals surface area (Å²) >= 11 is 0. The third kappa shape index (κ3) is 2.82. The van der Waals surface area contributed by atoms with Crippen LogP contribution >= 0.6 is 0 Å². The number of benzene rings is 1. The van der Waals surface area contributed by atoms with Crippen LogP contribution in [0, 0.1) is 17.7 Å². The molecular formula is C14H20FN. The molecule has 1 aliphatic carbocycles. The Labute approximate surface area is 97.1 Å². The Bertz CT molecular complexity index is 333. The molecule has 1 nitrogen and oxygen atoms in total. The molecule has 1 aromatic rings. The molecule has 3 unspecified atom stereocenters. The molecule has 88 valence electrons. The fourth-order valence-corrected chi connectivity index (χ4v) is 2.42. The molecule has 0 spiro atoms. The molecule has 1 aliphatic rings. The van der Waals surface area contributed by atoms with Crippen LogP contribution in [-0.2, 0) is 6.42 Å². The summed E-state index contributed by atoms with van der Waals surface area (Å²) in [6.07, 6.45) is 2.35. The first-order valence-corrected chi connectivity index (χ1v) is 6.18. The first-order valence-electron chi connectivity index (χ1n) is 6.18. The van der Waals surface area contributed by atoms with Gasteiger partial charge in [0.05, 0.1) is 0 Å². The van der Waals surface area contributed by atoms with Crippen LogP contribution in [0.15, 0.2) is 24.3 Å². The maximum absolute atomic E-state index is 12.8. The van der Waals surface area contributed by atoms with Gasteiger partial charge in [0, 0.05) is 6.04 Å². The molecule has 1 N–H and O–H groups in total. The minimum absolute atomic E-state index is 0.149. The van der Waals surface area contributed by atoms with E-state index in [1.807, 2.05) is 12.1 Å². The third-order valence-electron chi connectivity index (χ3n) is 3.52. The normalized spacial score (nSPS) is 25.4. The number of rotatable bonds is 5. The lowest BCUT2D eigenvalue weighted by Crippen LogP contribution is -2.33. The zero-order chi connectivity index (χ0) is 11.5. The molecule has 0 heterocycles. The monoisotopic (exact) mass is 221 g/mol. The Hall–Kier alpha value is -0.890. The van der Waals surface area contributed by atoms with Gasteiger partial charge in [-0.25, -0.2) is 4.39 Å². The number of likely N-dealkylation sites (N-methyl/N-ethyl adjacent to an activating group) is 1. The molecule has 2 rings (SSSR count). The van der Waals surface area contributed by atoms with Crippen molar-refractivity contribution in [2.24, 2.45) is 11.8 Å². The van der Waals surface area contributed by atoms with Crippen LogP contribution in [0.3, 0.4) is 0 Å². The Kier molecular flexibility index (Phi) is 3.59. The van der Waals surface area contributed by atoms with Crippen LogP contribution in [-0.4, -0.2) is 12.6 Å². The summed E-state index contributed by atoms with van der Waals surface area (Å²) in [5, 5.41) is 3.54. The highest BCUT2D eigenvalue weighted by molar-refractivity contribution is 5.18. The van der Waals surface area contributed by atoms with Crippen molar-refractivity contribution in [2.75, 3.05) is 6.54 Å². The Morgan fingerprint density at radius 1 is 1.38 bits per heavy atom. The maximum atomic E-state index is 12.8. The van der Waals surface area contributed by atoms with Gasteiger partial charge in [-0.15, -0.1) is 0 Å². The fourth-order valence-electron chi connectivity index (χ4n) is 2.42. The second kappa shape index (κ2) is 4.96. The van der Waals surface area contributed by atoms with Crippen LogP contribution in [0.1, 0.15) is 25.8 Å². The largest absolute Gasteiger partial charge is 0.314 e. The topological polar surface area (TPSA) is 12.0 Å². The predicted octanol–water partition coefficient (Wildman–Crippen LogP) is 3.00. The van der Waals surface area contributed by atoms with E-state index in [9.17, 15) is 4.39 Å². The van der Waals surface area contributed by atoms with E-state index in [0.717, 1.165) is 24.8 Å². The fraction of sp³-hybridized carbons (Fsp3) is 0.571. The average Bonchev–Trinajstić information content (AvgIpc) is 2.98. The minimum Gasteiger partial charge on any atom is -0.314 e. The van der Waals surface area contributed by atoms with Gasteiger partial charge in [0.15, 0.2) is 0 Å². The van der Waals surface area contributed by atoms with Crippen molar-refractivity contribution >= 4 is 0 Å². The molecule has 1 aromatic carbocycles. The van der Waals surface area contributed by atoms with E-state index in [-0.39, 0.29) is 5.82 Å². The smallest absolute Gasteiger partial charge is 0.123 e. The molecule has 0 aliphatic heterocycles. The van der Waals surface area contributed by atoms with Crippen molar-refractivity contribution in [3.8, 4) is 0 Å². The molecule has 0 bridgehead atoms. The van der Waals surface area contributed by atoms with Crippen LogP contribution in [0.4, 0.5) is 4.39 Å². The summed E-state index contributed by atoms with van der Waals surface area (Å²) < 4.78 is 12.8. The molecule has 0 radical (unpaired) electrons. The van der Waals surface area contributed by atoms with Crippen molar-refractivity contribution < 1.29 is 4.39 Å². The maximum Gasteiger partial charge on any atom is 0.123 e. The van der Waals surface area contributed by atoms with Crippen LogP contribution in [0.2, 0.25) is 0 Å². The third-order valence-corrected chi connectivity index (χ3v) is 3.52. The van der Waals surface area contributed by atoms with Gasteiger partial charge in [0.2, 0.25) is 0 Å². The molecule has 2 heteroatoms. The number of hydrogen-bond donors (Lipinski definition) is 1. The summed E-state index contributed by atoms with van der Waals surface area (Å²) in [4.78, 5) is 0.